The first-order valence-corrected chi connectivity index (χ1v) is 3.32. The zero-order valence-electron chi connectivity index (χ0n) is 5.42. The second-order valence-corrected chi connectivity index (χ2v) is 2.40. The van der Waals surface area contributed by atoms with Gasteiger partial charge in [0.1, 0.15) is 0 Å². The lowest BCUT2D eigenvalue weighted by atomic mass is 10.2. The van der Waals surface area contributed by atoms with Gasteiger partial charge in [-0.1, -0.05) is 16.4 Å². The number of halogens is 1. The smallest absolute Gasteiger partial charge is 0.0843 e. The molecule has 0 aliphatic heterocycles. The normalized spacial score (nSPS) is 8.80. The van der Waals surface area contributed by atoms with Crippen LogP contribution in [-0.2, 0) is 6.54 Å². The Hall–Kier alpha value is -1.00. The van der Waals surface area contributed by atoms with Crippen LogP contribution in [0.5, 0.6) is 0 Å². The van der Waals surface area contributed by atoms with E-state index in [0.29, 0.717) is 6.54 Å². The number of hydrogen-bond donors (Lipinski definition) is 0. The van der Waals surface area contributed by atoms with Crippen LogP contribution in [0.4, 0.5) is 0 Å². The molecule has 0 aromatic heterocycles. The predicted molar refractivity (Wildman–Crippen MR) is 43.5 cm³/mol. The highest BCUT2D eigenvalue weighted by atomic mass is 35.5. The van der Waals surface area contributed by atoms with Crippen LogP contribution in [0.3, 0.4) is 0 Å². The van der Waals surface area contributed by atoms with E-state index in [9.17, 15) is 0 Å². The molecular formula is C8H7ClN+. The summed E-state index contributed by atoms with van der Waals surface area (Å²) in [7, 11) is 0. The molecular weight excluding hydrogens is 146 g/mol. The summed E-state index contributed by atoms with van der Waals surface area (Å²) in [5.41, 5.74) is 1.08. The summed E-state index contributed by atoms with van der Waals surface area (Å²) in [6.45, 7) is 5.54. The van der Waals surface area contributed by atoms with Gasteiger partial charge in [0, 0.05) is 10.6 Å². The van der Waals surface area contributed by atoms with Crippen molar-refractivity contribution in [3.63, 3.8) is 0 Å². The van der Waals surface area contributed by atoms with E-state index >= 15 is 0 Å². The third-order valence-electron chi connectivity index (χ3n) is 1.19. The van der Waals surface area contributed by atoms with E-state index in [-0.39, 0.29) is 0 Å². The fourth-order valence-electron chi connectivity index (χ4n) is 0.695. The Bertz CT molecular complexity index is 245. The average Bonchev–Trinajstić information content (AvgIpc) is 1.95. The summed E-state index contributed by atoms with van der Waals surface area (Å²) in [5, 5.41) is 0.737. The minimum absolute atomic E-state index is 0.553. The van der Waals surface area contributed by atoms with Crippen LogP contribution in [0.15, 0.2) is 24.3 Å². The molecule has 0 saturated carbocycles. The zero-order valence-corrected chi connectivity index (χ0v) is 6.17. The molecule has 0 fully saturated rings. The Morgan fingerprint density at radius 1 is 1.30 bits per heavy atom. The van der Waals surface area contributed by atoms with Crippen molar-refractivity contribution in [2.75, 3.05) is 0 Å². The highest BCUT2D eigenvalue weighted by Gasteiger charge is 1.94. The summed E-state index contributed by atoms with van der Waals surface area (Å²) < 4.78 is 0. The fourth-order valence-corrected chi connectivity index (χ4v) is 0.821. The van der Waals surface area contributed by atoms with Gasteiger partial charge in [-0.25, -0.2) is 0 Å². The lowest BCUT2D eigenvalue weighted by molar-refractivity contribution is 1.27. The maximum absolute atomic E-state index is 5.65. The largest absolute Gasteiger partial charge is 0.288 e. The Morgan fingerprint density at radius 3 is 2.40 bits per heavy atom. The number of benzene rings is 1. The molecule has 0 aliphatic rings. The van der Waals surface area contributed by atoms with Crippen molar-refractivity contribution in [1.82, 2.24) is 0 Å². The molecule has 0 atom stereocenters. The Balaban J connectivity index is 2.81. The first kappa shape index (κ1) is 7.11. The van der Waals surface area contributed by atoms with Crippen LogP contribution in [0.1, 0.15) is 5.56 Å². The number of hydrogen-bond acceptors (Lipinski definition) is 0. The summed E-state index contributed by atoms with van der Waals surface area (Å²) in [6.07, 6.45) is 0. The third-order valence-corrected chi connectivity index (χ3v) is 1.44. The highest BCUT2D eigenvalue weighted by Crippen LogP contribution is 2.09. The van der Waals surface area contributed by atoms with Gasteiger partial charge >= 0.3 is 0 Å². The molecule has 0 heterocycles. The molecule has 0 unspecified atom stereocenters. The van der Waals surface area contributed by atoms with Crippen molar-refractivity contribution in [1.29, 1.82) is 0 Å². The van der Waals surface area contributed by atoms with E-state index in [0.717, 1.165) is 10.6 Å². The third kappa shape index (κ3) is 1.75. The molecule has 0 aliphatic carbocycles. The van der Waals surface area contributed by atoms with Gasteiger partial charge in [-0.05, 0) is 24.3 Å². The van der Waals surface area contributed by atoms with Crippen molar-refractivity contribution < 1.29 is 0 Å². The van der Waals surface area contributed by atoms with E-state index in [1.165, 1.54) is 0 Å². The minimum Gasteiger partial charge on any atom is -0.0843 e. The van der Waals surface area contributed by atoms with Crippen LogP contribution >= 0.6 is 11.6 Å². The van der Waals surface area contributed by atoms with Crippen molar-refractivity contribution in [3.8, 4) is 6.57 Å². The molecule has 0 saturated heterocycles. The maximum Gasteiger partial charge on any atom is 0.288 e. The van der Waals surface area contributed by atoms with Crippen LogP contribution in [-0.4, -0.2) is 0 Å². The molecule has 1 rings (SSSR count). The monoisotopic (exact) mass is 152 g/mol. The molecule has 10 heavy (non-hydrogen) atoms. The first-order valence-electron chi connectivity index (χ1n) is 2.94. The molecule has 2 heteroatoms. The Morgan fingerprint density at radius 2 is 1.90 bits per heavy atom. The van der Waals surface area contributed by atoms with Crippen molar-refractivity contribution in [2.24, 2.45) is 0 Å². The van der Waals surface area contributed by atoms with Gasteiger partial charge in [0.2, 0.25) is 0 Å². The summed E-state index contributed by atoms with van der Waals surface area (Å²) in [6, 6.07) is 7.45. The van der Waals surface area contributed by atoms with E-state index in [2.05, 4.69) is 4.85 Å². The lowest BCUT2D eigenvalue weighted by Crippen LogP contribution is -1.75. The predicted octanol–water partition coefficient (Wildman–Crippen LogP) is 2.80. The van der Waals surface area contributed by atoms with Gasteiger partial charge in [-0.3, -0.25) is 0 Å². The van der Waals surface area contributed by atoms with Crippen LogP contribution in [0, 0.1) is 6.57 Å². The second kappa shape index (κ2) is 3.24. The van der Waals surface area contributed by atoms with Crippen molar-refractivity contribution in [2.45, 2.75) is 6.54 Å². The summed E-state index contributed by atoms with van der Waals surface area (Å²) >= 11 is 5.65. The first-order chi connectivity index (χ1) is 4.83. The second-order valence-electron chi connectivity index (χ2n) is 1.97. The molecule has 0 amide bonds. The SMILES string of the molecule is C#[N+]Cc1ccc(Cl)cc1. The van der Waals surface area contributed by atoms with Crippen LogP contribution in [0.25, 0.3) is 4.85 Å². The van der Waals surface area contributed by atoms with Crippen molar-refractivity contribution >= 4 is 11.6 Å². The molecule has 1 nitrogen and oxygen atoms in total. The van der Waals surface area contributed by atoms with E-state index in [1.54, 1.807) is 0 Å². The molecule has 1 aromatic carbocycles. The highest BCUT2D eigenvalue weighted by molar-refractivity contribution is 6.30. The van der Waals surface area contributed by atoms with Crippen LogP contribution in [0.2, 0.25) is 5.02 Å². The molecule has 0 bridgehead atoms. The van der Waals surface area contributed by atoms with Gasteiger partial charge in [0.05, 0.1) is 0 Å². The standard InChI is InChI=1S/C8H7ClN/c1-10-6-7-2-4-8(9)5-3-7/h1-5H,6H2/q+1. The summed E-state index contributed by atoms with van der Waals surface area (Å²) in [5.74, 6) is 0. The summed E-state index contributed by atoms with van der Waals surface area (Å²) in [4.78, 5) is 3.49. The molecule has 1 aromatic rings. The molecule has 50 valence electrons. The van der Waals surface area contributed by atoms with E-state index in [1.807, 2.05) is 24.3 Å². The van der Waals surface area contributed by atoms with Crippen molar-refractivity contribution in [3.05, 3.63) is 39.7 Å². The zero-order chi connectivity index (χ0) is 7.40. The maximum atomic E-state index is 5.65. The molecule has 0 spiro atoms. The average molecular weight is 153 g/mol. The number of nitrogens with zero attached hydrogens (tertiary/aromatic N) is 1. The fraction of sp³-hybridized carbons (Fsp3) is 0.125. The molecule has 0 radical (unpaired) electrons. The van der Waals surface area contributed by atoms with Gasteiger partial charge in [0.25, 0.3) is 13.1 Å². The topological polar surface area (TPSA) is 4.36 Å². The van der Waals surface area contributed by atoms with Gasteiger partial charge in [0.15, 0.2) is 0 Å². The molecule has 0 N–H and O–H groups in total. The lowest BCUT2D eigenvalue weighted by Gasteiger charge is -1.88. The Kier molecular flexibility index (Phi) is 2.30. The minimum atomic E-state index is 0.553. The van der Waals surface area contributed by atoms with Gasteiger partial charge in [-0.2, -0.15) is 0 Å². The van der Waals surface area contributed by atoms with Gasteiger partial charge < -0.3 is 0 Å². The number of rotatable bonds is 1. The Labute approximate surface area is 65.1 Å². The van der Waals surface area contributed by atoms with Gasteiger partial charge in [-0.15, -0.1) is 0 Å². The quantitative estimate of drug-likeness (QED) is 0.583. The van der Waals surface area contributed by atoms with E-state index in [4.69, 9.17) is 18.2 Å². The van der Waals surface area contributed by atoms with E-state index < -0.39 is 0 Å². The van der Waals surface area contributed by atoms with Crippen LogP contribution < -0.4 is 0 Å².